The first-order chi connectivity index (χ1) is 16.7. The lowest BCUT2D eigenvalue weighted by Gasteiger charge is -2.01. The molecule has 11 nitrogen and oxygen atoms in total. The van der Waals surface area contributed by atoms with E-state index in [1.54, 1.807) is 36.4 Å². The van der Waals surface area contributed by atoms with Crippen molar-refractivity contribution in [2.75, 3.05) is 13.2 Å². The molecule has 0 aliphatic carbocycles. The Morgan fingerprint density at radius 1 is 0.857 bits per heavy atom. The summed E-state index contributed by atoms with van der Waals surface area (Å²) in [5.74, 6) is 4.86. The van der Waals surface area contributed by atoms with Crippen LogP contribution < -0.4 is 28.3 Å². The molecule has 0 unspecified atom stereocenters. The van der Waals surface area contributed by atoms with E-state index in [0.717, 1.165) is 0 Å². The molecule has 192 valence electrons. The molecule has 2 rings (SSSR count). The third kappa shape index (κ3) is 14.3. The Morgan fingerprint density at radius 3 is 1.66 bits per heavy atom. The van der Waals surface area contributed by atoms with Crippen LogP contribution in [0.3, 0.4) is 0 Å². The molecular formula is C20H26Cl4N8O3. The van der Waals surface area contributed by atoms with Crippen molar-refractivity contribution in [2.24, 2.45) is 32.6 Å². The Hall–Kier alpha value is -2.80. The number of halogens is 4. The molecule has 0 aliphatic heterocycles. The highest BCUT2D eigenvalue weighted by Gasteiger charge is 2.02. The number of benzene rings is 2. The van der Waals surface area contributed by atoms with Crippen molar-refractivity contribution in [3.8, 4) is 0 Å². The first kappa shape index (κ1) is 32.2. The van der Waals surface area contributed by atoms with Crippen molar-refractivity contribution in [1.82, 2.24) is 11.0 Å². The molecule has 0 bridgehead atoms. The molecule has 0 saturated heterocycles. The van der Waals surface area contributed by atoms with Gasteiger partial charge in [0.1, 0.15) is 0 Å². The lowest BCUT2D eigenvalue weighted by molar-refractivity contribution is 0.0957. The highest BCUT2D eigenvalue weighted by atomic mass is 35.5. The van der Waals surface area contributed by atoms with Gasteiger partial charge in [-0.05, 0) is 38.1 Å². The van der Waals surface area contributed by atoms with Crippen molar-refractivity contribution < 1.29 is 14.5 Å². The van der Waals surface area contributed by atoms with Gasteiger partial charge in [-0.2, -0.15) is 5.10 Å². The predicted molar refractivity (Wildman–Crippen MR) is 143 cm³/mol. The summed E-state index contributed by atoms with van der Waals surface area (Å²) >= 11 is 23.1. The zero-order chi connectivity index (χ0) is 26.6. The molecule has 0 aromatic heterocycles. The number of hydrogen-bond acceptors (Lipinski definition) is 7. The van der Waals surface area contributed by atoms with Gasteiger partial charge in [0.25, 0.3) is 0 Å². The number of hydroxylamine groups is 2. The zero-order valence-corrected chi connectivity index (χ0v) is 21.9. The van der Waals surface area contributed by atoms with Crippen LogP contribution in [0.4, 0.5) is 0 Å². The second-order valence-corrected chi connectivity index (χ2v) is 7.33. The number of carbonyl (C=O) groups excluding carboxylic acids is 1. The molecule has 15 heteroatoms. The smallest absolute Gasteiger partial charge is 0.237 e. The molecule has 2 aromatic rings. The van der Waals surface area contributed by atoms with E-state index in [1.807, 2.05) is 13.8 Å². The van der Waals surface area contributed by atoms with Crippen LogP contribution in [0.15, 0.2) is 51.7 Å². The van der Waals surface area contributed by atoms with Gasteiger partial charge in [-0.25, -0.2) is 11.0 Å². The van der Waals surface area contributed by atoms with Crippen LogP contribution in [0.25, 0.3) is 0 Å². The summed E-state index contributed by atoms with van der Waals surface area (Å²) in [6.07, 6.45) is 2.07. The average molecular weight is 568 g/mol. The summed E-state index contributed by atoms with van der Waals surface area (Å²) in [6, 6.07) is 10.1. The maximum Gasteiger partial charge on any atom is 0.237 e. The SMILES string of the molecule is CCONC(N)=N/N=C/c1c(Cl)cccc1Cl.CCONC(N)=NN.O=Cc1c(Cl)cccc1Cl. The summed E-state index contributed by atoms with van der Waals surface area (Å²) < 4.78 is 0. The highest BCUT2D eigenvalue weighted by Crippen LogP contribution is 2.22. The van der Waals surface area contributed by atoms with Crippen LogP contribution >= 0.6 is 46.4 Å². The van der Waals surface area contributed by atoms with Crippen molar-refractivity contribution in [2.45, 2.75) is 13.8 Å². The zero-order valence-electron chi connectivity index (χ0n) is 18.8. The quantitative estimate of drug-likeness (QED) is 0.111. The van der Waals surface area contributed by atoms with Gasteiger partial charge in [-0.15, -0.1) is 10.2 Å². The fourth-order valence-corrected chi connectivity index (χ4v) is 2.73. The van der Waals surface area contributed by atoms with Crippen molar-refractivity contribution >= 4 is 70.8 Å². The van der Waals surface area contributed by atoms with Gasteiger partial charge in [0.15, 0.2) is 6.29 Å². The van der Waals surface area contributed by atoms with Crippen LogP contribution in [0.5, 0.6) is 0 Å². The lowest BCUT2D eigenvalue weighted by atomic mass is 10.2. The fraction of sp³-hybridized carbons (Fsp3) is 0.200. The Balaban J connectivity index is 0.000000545. The number of hydrogen-bond donors (Lipinski definition) is 5. The number of rotatable bonds is 7. The summed E-state index contributed by atoms with van der Waals surface area (Å²) in [6.45, 7) is 4.62. The van der Waals surface area contributed by atoms with Gasteiger partial charge < -0.3 is 17.3 Å². The molecule has 0 aliphatic rings. The number of aldehydes is 1. The van der Waals surface area contributed by atoms with E-state index in [0.29, 0.717) is 50.7 Å². The number of nitrogens with two attached hydrogens (primary N) is 3. The maximum absolute atomic E-state index is 10.3. The molecule has 0 radical (unpaired) electrons. The normalized spacial score (nSPS) is 11.1. The van der Waals surface area contributed by atoms with Crippen molar-refractivity contribution in [3.05, 3.63) is 67.6 Å². The van der Waals surface area contributed by atoms with E-state index < -0.39 is 0 Å². The van der Waals surface area contributed by atoms with Gasteiger partial charge in [-0.3, -0.25) is 14.5 Å². The molecule has 8 N–H and O–H groups in total. The molecule has 2 aromatic carbocycles. The molecule has 0 atom stereocenters. The van der Waals surface area contributed by atoms with E-state index in [1.165, 1.54) is 6.21 Å². The maximum atomic E-state index is 10.3. The number of hydrazone groups is 1. The summed E-state index contributed by atoms with van der Waals surface area (Å²) in [5.41, 5.74) is 16.1. The molecular weight excluding hydrogens is 542 g/mol. The largest absolute Gasteiger partial charge is 0.367 e. The van der Waals surface area contributed by atoms with Gasteiger partial charge in [0.05, 0.1) is 45.1 Å². The fourth-order valence-electron chi connectivity index (χ4n) is 1.75. The minimum atomic E-state index is 0.0475. The standard InChI is InChI=1S/C10H12Cl2N4O.C7H4Cl2O.C3H10N4O/c1-2-17-16-10(13)15-14-6-7-8(11)4-3-5-9(7)12;8-6-2-1-3-7(9)5(6)4-10;1-2-8-7-3(4)6-5/h3-6H,2H2,1H3,(H3,13,15,16);1-4H;2,5H2,1H3,(H3,4,6,7)/b14-6+;;. The predicted octanol–water partition coefficient (Wildman–Crippen LogP) is 3.70. The third-order valence-corrected chi connectivity index (χ3v) is 4.57. The van der Waals surface area contributed by atoms with E-state index in [4.69, 9.17) is 68.6 Å². The topological polar surface area (TPSA) is 175 Å². The molecule has 0 fully saturated rings. The Morgan fingerprint density at radius 2 is 1.29 bits per heavy atom. The van der Waals surface area contributed by atoms with Crippen LogP contribution in [0.2, 0.25) is 20.1 Å². The summed E-state index contributed by atoms with van der Waals surface area (Å²) in [5, 5.41) is 12.2. The number of nitrogens with one attached hydrogen (secondary N) is 2. The number of carbonyl (C=O) groups is 1. The minimum Gasteiger partial charge on any atom is -0.367 e. The van der Waals surface area contributed by atoms with Crippen LogP contribution in [-0.2, 0) is 9.68 Å². The van der Waals surface area contributed by atoms with Crippen molar-refractivity contribution in [1.29, 1.82) is 0 Å². The minimum absolute atomic E-state index is 0.0475. The molecule has 35 heavy (non-hydrogen) atoms. The van der Waals surface area contributed by atoms with E-state index in [-0.39, 0.29) is 11.9 Å². The van der Waals surface area contributed by atoms with Crippen LogP contribution in [0, 0.1) is 0 Å². The van der Waals surface area contributed by atoms with E-state index in [2.05, 4.69) is 31.1 Å². The number of nitrogens with zero attached hydrogens (tertiary/aromatic N) is 3. The van der Waals surface area contributed by atoms with Gasteiger partial charge in [0.2, 0.25) is 11.9 Å². The monoisotopic (exact) mass is 566 g/mol. The number of guanidine groups is 2. The van der Waals surface area contributed by atoms with Gasteiger partial charge >= 0.3 is 0 Å². The van der Waals surface area contributed by atoms with Crippen molar-refractivity contribution in [3.63, 3.8) is 0 Å². The average Bonchev–Trinajstić information content (AvgIpc) is 2.84. The van der Waals surface area contributed by atoms with E-state index >= 15 is 0 Å². The van der Waals surface area contributed by atoms with Crippen LogP contribution in [-0.4, -0.2) is 37.6 Å². The highest BCUT2D eigenvalue weighted by molar-refractivity contribution is 6.39. The third-order valence-electron chi connectivity index (χ3n) is 3.25. The van der Waals surface area contributed by atoms with E-state index in [9.17, 15) is 4.79 Å². The first-order valence-corrected chi connectivity index (χ1v) is 11.2. The van der Waals surface area contributed by atoms with Gasteiger partial charge in [0, 0.05) is 5.56 Å². The Bertz CT molecular complexity index is 966. The van der Waals surface area contributed by atoms with Crippen LogP contribution in [0.1, 0.15) is 29.8 Å². The first-order valence-electron chi connectivity index (χ1n) is 9.70. The molecule has 0 heterocycles. The lowest BCUT2D eigenvalue weighted by Crippen LogP contribution is -2.32. The van der Waals surface area contributed by atoms with Gasteiger partial charge in [-0.1, -0.05) is 58.5 Å². The Labute approximate surface area is 223 Å². The molecule has 0 saturated carbocycles. The summed E-state index contributed by atoms with van der Waals surface area (Å²) in [7, 11) is 0. The summed E-state index contributed by atoms with van der Waals surface area (Å²) in [4.78, 5) is 19.7. The Kier molecular flexibility index (Phi) is 17.9. The molecule has 0 spiro atoms. The second kappa shape index (κ2) is 19.5. The second-order valence-electron chi connectivity index (χ2n) is 5.70. The molecule has 0 amide bonds.